The van der Waals surface area contributed by atoms with E-state index in [2.05, 4.69) is 5.32 Å². The molecule has 4 aromatic rings. The molecule has 2 aromatic heterocycles. The van der Waals surface area contributed by atoms with Crippen LogP contribution in [0.5, 0.6) is 0 Å². The molecule has 0 aliphatic heterocycles. The van der Waals surface area contributed by atoms with Crippen molar-refractivity contribution >= 4 is 22.5 Å². The number of hydrogen-bond acceptors (Lipinski definition) is 2. The number of nitrogens with zero attached hydrogens (tertiary/aromatic N) is 2. The summed E-state index contributed by atoms with van der Waals surface area (Å²) in [6, 6.07) is 16.0. The number of carbonyl (C=O) groups excluding carboxylic acids is 1. The Balaban J connectivity index is 1.62. The molecule has 0 spiro atoms. The molecule has 0 atom stereocenters. The number of pyridine rings is 1. The first-order valence-electron chi connectivity index (χ1n) is 10.3. The summed E-state index contributed by atoms with van der Waals surface area (Å²) in [5.74, 6) is -0.581. The van der Waals surface area contributed by atoms with Crippen LogP contribution < -0.4 is 10.9 Å². The van der Waals surface area contributed by atoms with Crippen LogP contribution in [0, 0.1) is 12.7 Å². The molecule has 0 aliphatic rings. The number of para-hydroxylation sites is 1. The highest BCUT2D eigenvalue weighted by atomic mass is 19.1. The summed E-state index contributed by atoms with van der Waals surface area (Å²) in [7, 11) is 0. The van der Waals surface area contributed by atoms with Crippen LogP contribution in [0.2, 0.25) is 0 Å². The maximum absolute atomic E-state index is 14.1. The lowest BCUT2D eigenvalue weighted by molar-refractivity contribution is -0.116. The molecule has 0 saturated heterocycles. The molecule has 0 aliphatic carbocycles. The minimum absolute atomic E-state index is 0.100. The quantitative estimate of drug-likeness (QED) is 0.502. The molecule has 1 amide bonds. The van der Waals surface area contributed by atoms with Crippen LogP contribution in [0.4, 0.5) is 10.1 Å². The third-order valence-corrected chi connectivity index (χ3v) is 5.51. The van der Waals surface area contributed by atoms with Gasteiger partial charge in [-0.1, -0.05) is 43.3 Å². The second-order valence-corrected chi connectivity index (χ2v) is 7.60. The van der Waals surface area contributed by atoms with Crippen molar-refractivity contribution in [2.45, 2.75) is 33.4 Å². The fraction of sp³-hybridized carbons (Fsp3) is 0.200. The van der Waals surface area contributed by atoms with Gasteiger partial charge in [-0.25, -0.2) is 4.39 Å². The van der Waals surface area contributed by atoms with Gasteiger partial charge in [0.05, 0.1) is 6.54 Å². The predicted molar refractivity (Wildman–Crippen MR) is 121 cm³/mol. The zero-order chi connectivity index (χ0) is 22.0. The molecule has 1 N–H and O–H groups in total. The van der Waals surface area contributed by atoms with Gasteiger partial charge in [0, 0.05) is 29.0 Å². The van der Waals surface area contributed by atoms with Crippen molar-refractivity contribution in [3.05, 3.63) is 99.9 Å². The van der Waals surface area contributed by atoms with Crippen LogP contribution in [-0.4, -0.2) is 15.0 Å². The summed E-state index contributed by atoms with van der Waals surface area (Å²) in [6.45, 7) is 4.12. The summed E-state index contributed by atoms with van der Waals surface area (Å²) in [6.07, 6.45) is 4.19. The molecule has 0 saturated carbocycles. The summed E-state index contributed by atoms with van der Waals surface area (Å²) in [5, 5.41) is 3.71. The van der Waals surface area contributed by atoms with Gasteiger partial charge >= 0.3 is 0 Å². The van der Waals surface area contributed by atoms with Crippen molar-refractivity contribution in [1.82, 2.24) is 9.13 Å². The maximum atomic E-state index is 14.1. The Hall–Kier alpha value is -3.67. The van der Waals surface area contributed by atoms with E-state index in [9.17, 15) is 14.0 Å². The standard InChI is InChI=1S/C25H24FN3O2/c1-3-18-9-6-7-17(2)23(18)27-22(30)16-29-14-12-19-11-13-28(24(19)25(29)31)15-20-8-4-5-10-21(20)26/h4-14H,3,15-16H2,1-2H3,(H,27,30). The second-order valence-electron chi connectivity index (χ2n) is 7.60. The van der Waals surface area contributed by atoms with E-state index in [1.807, 2.05) is 38.1 Å². The lowest BCUT2D eigenvalue weighted by Crippen LogP contribution is -2.28. The van der Waals surface area contributed by atoms with Crippen molar-refractivity contribution in [3.8, 4) is 0 Å². The summed E-state index contributed by atoms with van der Waals surface area (Å²) >= 11 is 0. The van der Waals surface area contributed by atoms with Gasteiger partial charge in [-0.15, -0.1) is 0 Å². The Morgan fingerprint density at radius 1 is 0.968 bits per heavy atom. The Bertz CT molecular complexity index is 1320. The molecular weight excluding hydrogens is 393 g/mol. The fourth-order valence-electron chi connectivity index (χ4n) is 3.85. The number of carbonyl (C=O) groups is 1. The number of amides is 1. The fourth-order valence-corrected chi connectivity index (χ4v) is 3.85. The first-order valence-corrected chi connectivity index (χ1v) is 10.3. The average Bonchev–Trinajstić information content (AvgIpc) is 3.17. The number of rotatable bonds is 6. The number of anilines is 1. The van der Waals surface area contributed by atoms with Crippen molar-refractivity contribution < 1.29 is 9.18 Å². The van der Waals surface area contributed by atoms with E-state index in [1.165, 1.54) is 10.6 Å². The van der Waals surface area contributed by atoms with Gasteiger partial charge in [0.25, 0.3) is 5.56 Å². The van der Waals surface area contributed by atoms with Gasteiger partial charge in [-0.3, -0.25) is 9.59 Å². The van der Waals surface area contributed by atoms with E-state index in [1.54, 1.807) is 41.2 Å². The number of aryl methyl sites for hydroxylation is 2. The van der Waals surface area contributed by atoms with Crippen LogP contribution in [0.15, 0.2) is 71.8 Å². The van der Waals surface area contributed by atoms with Crippen molar-refractivity contribution in [1.29, 1.82) is 0 Å². The molecule has 2 aromatic carbocycles. The molecule has 0 bridgehead atoms. The Kier molecular flexibility index (Phi) is 5.71. The number of fused-ring (bicyclic) bond motifs is 1. The van der Waals surface area contributed by atoms with Crippen LogP contribution in [-0.2, 0) is 24.3 Å². The lowest BCUT2D eigenvalue weighted by Gasteiger charge is -2.14. The minimum atomic E-state index is -0.315. The molecule has 31 heavy (non-hydrogen) atoms. The summed E-state index contributed by atoms with van der Waals surface area (Å²) in [4.78, 5) is 25.9. The highest BCUT2D eigenvalue weighted by Gasteiger charge is 2.14. The zero-order valence-electron chi connectivity index (χ0n) is 17.6. The summed E-state index contributed by atoms with van der Waals surface area (Å²) in [5.41, 5.74) is 3.49. The zero-order valence-corrected chi connectivity index (χ0v) is 17.6. The van der Waals surface area contributed by atoms with Gasteiger partial charge < -0.3 is 14.5 Å². The lowest BCUT2D eigenvalue weighted by atomic mass is 10.1. The van der Waals surface area contributed by atoms with Gasteiger partial charge in [0.15, 0.2) is 0 Å². The van der Waals surface area contributed by atoms with Gasteiger partial charge in [0.1, 0.15) is 17.9 Å². The number of nitrogens with one attached hydrogen (secondary N) is 1. The van der Waals surface area contributed by atoms with E-state index in [-0.39, 0.29) is 30.4 Å². The largest absolute Gasteiger partial charge is 0.338 e. The van der Waals surface area contributed by atoms with E-state index >= 15 is 0 Å². The Morgan fingerprint density at radius 2 is 1.68 bits per heavy atom. The van der Waals surface area contributed by atoms with Crippen LogP contribution in [0.25, 0.3) is 10.9 Å². The number of halogens is 1. The number of benzene rings is 2. The Morgan fingerprint density at radius 3 is 2.42 bits per heavy atom. The third-order valence-electron chi connectivity index (χ3n) is 5.51. The first kappa shape index (κ1) is 20.6. The highest BCUT2D eigenvalue weighted by molar-refractivity contribution is 5.92. The molecule has 158 valence electrons. The van der Waals surface area contributed by atoms with Crippen LogP contribution in [0.1, 0.15) is 23.6 Å². The highest BCUT2D eigenvalue weighted by Crippen LogP contribution is 2.21. The van der Waals surface area contributed by atoms with Crippen LogP contribution >= 0.6 is 0 Å². The number of aromatic nitrogens is 2. The molecule has 0 unspecified atom stereocenters. The second kappa shape index (κ2) is 8.60. The maximum Gasteiger partial charge on any atom is 0.275 e. The molecule has 0 fully saturated rings. The SMILES string of the molecule is CCc1cccc(C)c1NC(=O)Cn1ccc2ccn(Cc3ccccc3F)c2c1=O. The van der Waals surface area contributed by atoms with Gasteiger partial charge in [-0.05, 0) is 42.7 Å². The molecule has 6 heteroatoms. The normalized spacial score (nSPS) is 11.1. The van der Waals surface area contributed by atoms with Crippen molar-refractivity contribution in [3.63, 3.8) is 0 Å². The monoisotopic (exact) mass is 417 g/mol. The molecule has 5 nitrogen and oxygen atoms in total. The molecule has 4 rings (SSSR count). The average molecular weight is 417 g/mol. The topological polar surface area (TPSA) is 56.0 Å². The molecule has 2 heterocycles. The van der Waals surface area contributed by atoms with E-state index in [4.69, 9.17) is 0 Å². The van der Waals surface area contributed by atoms with Crippen LogP contribution in [0.3, 0.4) is 0 Å². The third kappa shape index (κ3) is 4.14. The molecule has 0 radical (unpaired) electrons. The van der Waals surface area contributed by atoms with E-state index in [0.29, 0.717) is 11.1 Å². The van der Waals surface area contributed by atoms with Gasteiger partial charge in [-0.2, -0.15) is 0 Å². The first-order chi connectivity index (χ1) is 15.0. The van der Waals surface area contributed by atoms with Gasteiger partial charge in [0.2, 0.25) is 5.91 Å². The van der Waals surface area contributed by atoms with Crippen molar-refractivity contribution in [2.24, 2.45) is 0 Å². The summed E-state index contributed by atoms with van der Waals surface area (Å²) < 4.78 is 17.2. The minimum Gasteiger partial charge on any atom is -0.338 e. The number of hydrogen-bond donors (Lipinski definition) is 1. The molecular formula is C25H24FN3O2. The predicted octanol–water partition coefficient (Wildman–Crippen LogP) is 4.50. The Labute approximate surface area is 179 Å². The van der Waals surface area contributed by atoms with E-state index in [0.717, 1.165) is 28.6 Å². The van der Waals surface area contributed by atoms with E-state index < -0.39 is 0 Å². The van der Waals surface area contributed by atoms with Crippen molar-refractivity contribution in [2.75, 3.05) is 5.32 Å². The smallest absolute Gasteiger partial charge is 0.275 e.